The summed E-state index contributed by atoms with van der Waals surface area (Å²) in [5.41, 5.74) is 0. The maximum atomic E-state index is 2.58. The first-order chi connectivity index (χ1) is 5.75. The van der Waals surface area contributed by atoms with Crippen molar-refractivity contribution in [3.8, 4) is 0 Å². The van der Waals surface area contributed by atoms with Gasteiger partial charge < -0.3 is 0 Å². The summed E-state index contributed by atoms with van der Waals surface area (Å²) >= 11 is 2.54. The second kappa shape index (κ2) is 5.40. The van der Waals surface area contributed by atoms with E-state index < -0.39 is 0 Å². The second-order valence-corrected chi connectivity index (χ2v) is 4.65. The van der Waals surface area contributed by atoms with Crippen molar-refractivity contribution in [1.82, 2.24) is 9.80 Å². The molecule has 1 rings (SSSR count). The van der Waals surface area contributed by atoms with E-state index in [0.717, 1.165) is 0 Å². The molecule has 0 N–H and O–H groups in total. The zero-order valence-electron chi connectivity index (χ0n) is 8.09. The van der Waals surface area contributed by atoms with Crippen LogP contribution in [0.25, 0.3) is 0 Å². The van der Waals surface area contributed by atoms with E-state index >= 15 is 0 Å². The molecule has 0 aromatic heterocycles. The number of hydrogen-bond acceptors (Lipinski definition) is 2. The van der Waals surface area contributed by atoms with E-state index in [4.69, 9.17) is 0 Å². The van der Waals surface area contributed by atoms with Crippen molar-refractivity contribution in [2.75, 3.05) is 26.7 Å². The third-order valence-electron chi connectivity index (χ3n) is 2.42. The van der Waals surface area contributed by atoms with E-state index in [1.54, 1.807) is 0 Å². The van der Waals surface area contributed by atoms with E-state index in [2.05, 4.69) is 46.4 Å². The predicted molar refractivity (Wildman–Crippen MR) is 61.5 cm³/mol. The van der Waals surface area contributed by atoms with E-state index in [9.17, 15) is 0 Å². The molecule has 1 atom stereocenters. The maximum absolute atomic E-state index is 2.58. The van der Waals surface area contributed by atoms with Crippen LogP contribution >= 0.6 is 22.6 Å². The zero-order chi connectivity index (χ0) is 8.97. The van der Waals surface area contributed by atoms with Gasteiger partial charge in [-0.3, -0.25) is 9.80 Å². The second-order valence-electron chi connectivity index (χ2n) is 3.53. The minimum Gasteiger partial charge on any atom is -0.283 e. The Morgan fingerprint density at radius 2 is 2.17 bits per heavy atom. The Hall–Kier alpha value is 0.650. The lowest BCUT2D eigenvalue weighted by atomic mass is 10.2. The Balaban J connectivity index is 2.30. The maximum Gasteiger partial charge on any atom is 0.116 e. The van der Waals surface area contributed by atoms with Gasteiger partial charge in [0, 0.05) is 19.6 Å². The van der Waals surface area contributed by atoms with Crippen molar-refractivity contribution in [2.45, 2.75) is 30.4 Å². The van der Waals surface area contributed by atoms with E-state index in [-0.39, 0.29) is 0 Å². The lowest BCUT2D eigenvalue weighted by Gasteiger charge is -2.38. The molecule has 0 spiro atoms. The van der Waals surface area contributed by atoms with Gasteiger partial charge in [-0.2, -0.15) is 0 Å². The van der Waals surface area contributed by atoms with Gasteiger partial charge in [-0.15, -0.1) is 0 Å². The molecule has 1 heterocycles. The molecule has 12 heavy (non-hydrogen) atoms. The van der Waals surface area contributed by atoms with Gasteiger partial charge >= 0.3 is 0 Å². The molecule has 2 nitrogen and oxygen atoms in total. The molecule has 0 amide bonds. The fourth-order valence-electron chi connectivity index (χ4n) is 1.59. The van der Waals surface area contributed by atoms with Gasteiger partial charge in [0.2, 0.25) is 0 Å². The molecule has 1 fully saturated rings. The fourth-order valence-corrected chi connectivity index (χ4v) is 2.43. The van der Waals surface area contributed by atoms with Crippen LogP contribution in [0.15, 0.2) is 0 Å². The summed E-state index contributed by atoms with van der Waals surface area (Å²) in [4.78, 5) is 5.01. The van der Waals surface area contributed by atoms with Crippen LogP contribution in [-0.4, -0.2) is 40.7 Å². The summed E-state index contributed by atoms with van der Waals surface area (Å²) in [6.07, 6.45) is 3.98. The molecule has 1 aliphatic rings. The van der Waals surface area contributed by atoms with Crippen molar-refractivity contribution in [2.24, 2.45) is 0 Å². The lowest BCUT2D eigenvalue weighted by Crippen LogP contribution is -2.48. The Labute approximate surface area is 89.4 Å². The monoisotopic (exact) mass is 282 g/mol. The molecule has 0 aromatic rings. The summed E-state index contributed by atoms with van der Waals surface area (Å²) < 4.78 is 0.628. The Kier molecular flexibility index (Phi) is 4.82. The Bertz CT molecular complexity index is 130. The third-order valence-corrected chi connectivity index (χ3v) is 4.16. The summed E-state index contributed by atoms with van der Waals surface area (Å²) in [7, 11) is 2.22. The van der Waals surface area contributed by atoms with E-state index in [1.807, 2.05) is 0 Å². The quantitative estimate of drug-likeness (QED) is 0.444. The van der Waals surface area contributed by atoms with Crippen molar-refractivity contribution in [1.29, 1.82) is 0 Å². The molecular weight excluding hydrogens is 263 g/mol. The average Bonchev–Trinajstić information content (AvgIpc) is 2.08. The largest absolute Gasteiger partial charge is 0.283 e. The van der Waals surface area contributed by atoms with Gasteiger partial charge in [-0.05, 0) is 42.5 Å². The van der Waals surface area contributed by atoms with Crippen LogP contribution in [0.4, 0.5) is 0 Å². The number of nitrogens with zero attached hydrogens (tertiary/aromatic N) is 2. The van der Waals surface area contributed by atoms with Crippen LogP contribution in [-0.2, 0) is 0 Å². The summed E-state index contributed by atoms with van der Waals surface area (Å²) in [5, 5.41) is 0. The van der Waals surface area contributed by atoms with Crippen LogP contribution in [0.5, 0.6) is 0 Å². The first-order valence-electron chi connectivity index (χ1n) is 4.84. The lowest BCUT2D eigenvalue weighted by molar-refractivity contribution is 0.0921. The minimum absolute atomic E-state index is 0.628. The molecule has 0 bridgehead atoms. The highest BCUT2D eigenvalue weighted by molar-refractivity contribution is 14.1. The number of halogens is 1. The van der Waals surface area contributed by atoms with Crippen molar-refractivity contribution < 1.29 is 0 Å². The number of rotatable bonds is 3. The van der Waals surface area contributed by atoms with Gasteiger partial charge in [-0.1, -0.05) is 13.3 Å². The van der Waals surface area contributed by atoms with Crippen molar-refractivity contribution in [3.63, 3.8) is 0 Å². The van der Waals surface area contributed by atoms with Crippen LogP contribution in [0.1, 0.15) is 26.2 Å². The van der Waals surface area contributed by atoms with Crippen LogP contribution in [0, 0.1) is 0 Å². The van der Waals surface area contributed by atoms with E-state index in [0.29, 0.717) is 4.17 Å². The molecule has 3 heteroatoms. The molecule has 0 saturated carbocycles. The van der Waals surface area contributed by atoms with E-state index in [1.165, 1.54) is 38.9 Å². The van der Waals surface area contributed by atoms with Crippen molar-refractivity contribution >= 4 is 22.6 Å². The first kappa shape index (κ1) is 10.7. The molecule has 1 unspecified atom stereocenters. The summed E-state index contributed by atoms with van der Waals surface area (Å²) in [6.45, 7) is 6.08. The SMILES string of the molecule is CCCCN1CCCN(C)C1I. The molecule has 0 aromatic carbocycles. The minimum atomic E-state index is 0.628. The fraction of sp³-hybridized carbons (Fsp3) is 1.00. The average molecular weight is 282 g/mol. The highest BCUT2D eigenvalue weighted by Gasteiger charge is 2.22. The molecular formula is C9H19IN2. The molecule has 1 saturated heterocycles. The summed E-state index contributed by atoms with van der Waals surface area (Å²) in [5.74, 6) is 0. The predicted octanol–water partition coefficient (Wildman–Crippen LogP) is 2.14. The molecule has 0 aliphatic carbocycles. The number of unbranched alkanes of at least 4 members (excludes halogenated alkanes) is 1. The standard InChI is InChI=1S/C9H19IN2/c1-3-4-7-12-8-5-6-11(2)9(12)10/h9H,3-8H2,1-2H3. The topological polar surface area (TPSA) is 6.48 Å². The zero-order valence-corrected chi connectivity index (χ0v) is 10.2. The number of hydrogen-bond donors (Lipinski definition) is 0. The smallest absolute Gasteiger partial charge is 0.116 e. The Morgan fingerprint density at radius 3 is 2.83 bits per heavy atom. The van der Waals surface area contributed by atoms with Gasteiger partial charge in [-0.25, -0.2) is 0 Å². The van der Waals surface area contributed by atoms with Gasteiger partial charge in [0.15, 0.2) is 0 Å². The third kappa shape index (κ3) is 2.85. The van der Waals surface area contributed by atoms with Gasteiger partial charge in [0.05, 0.1) is 0 Å². The molecule has 0 radical (unpaired) electrons. The van der Waals surface area contributed by atoms with Crippen LogP contribution in [0.3, 0.4) is 0 Å². The van der Waals surface area contributed by atoms with Crippen molar-refractivity contribution in [3.05, 3.63) is 0 Å². The number of alkyl halides is 1. The highest BCUT2D eigenvalue weighted by atomic mass is 127. The highest BCUT2D eigenvalue weighted by Crippen LogP contribution is 2.18. The Morgan fingerprint density at radius 1 is 1.42 bits per heavy atom. The normalized spacial score (nSPS) is 27.8. The van der Waals surface area contributed by atoms with Crippen LogP contribution in [0.2, 0.25) is 0 Å². The molecule has 1 aliphatic heterocycles. The van der Waals surface area contributed by atoms with Crippen LogP contribution < -0.4 is 0 Å². The summed E-state index contributed by atoms with van der Waals surface area (Å²) in [6, 6.07) is 0. The first-order valence-corrected chi connectivity index (χ1v) is 6.08. The molecule has 72 valence electrons. The van der Waals surface area contributed by atoms with Gasteiger partial charge in [0.1, 0.15) is 4.17 Å². The van der Waals surface area contributed by atoms with Gasteiger partial charge in [0.25, 0.3) is 0 Å².